The molecule has 3 aliphatic rings. The fourth-order valence-corrected chi connectivity index (χ4v) is 4.37. The van der Waals surface area contributed by atoms with Crippen LogP contribution in [-0.4, -0.2) is 44.5 Å². The van der Waals surface area contributed by atoms with Gasteiger partial charge in [0.2, 0.25) is 15.9 Å². The topological polar surface area (TPSA) is 66.5 Å². The van der Waals surface area contributed by atoms with Crippen LogP contribution in [-0.2, 0) is 14.8 Å². The third-order valence-electron chi connectivity index (χ3n) is 3.24. The van der Waals surface area contributed by atoms with Crippen LogP contribution in [0.1, 0.15) is 12.8 Å². The molecule has 3 saturated heterocycles. The normalized spacial score (nSPS) is 39.4. The zero-order valence-electron chi connectivity index (χ0n) is 8.12. The lowest BCUT2D eigenvalue weighted by Crippen LogP contribution is -2.59. The largest absolute Gasteiger partial charge is 0.359 e. The molecule has 0 aromatic heterocycles. The SMILES string of the molecule is CNC(=O)C12CCN(CC1)S(=O)(=O)C2. The summed E-state index contributed by atoms with van der Waals surface area (Å²) in [4.78, 5) is 11.6. The van der Waals surface area contributed by atoms with E-state index in [1.807, 2.05) is 0 Å². The van der Waals surface area contributed by atoms with Gasteiger partial charge in [-0.25, -0.2) is 12.7 Å². The number of nitrogens with zero attached hydrogens (tertiary/aromatic N) is 1. The average Bonchev–Trinajstić information content (AvgIpc) is 2.16. The Morgan fingerprint density at radius 1 is 1.36 bits per heavy atom. The van der Waals surface area contributed by atoms with Crippen molar-refractivity contribution in [3.05, 3.63) is 0 Å². The second-order valence-corrected chi connectivity index (χ2v) is 5.98. The number of rotatable bonds is 1. The lowest BCUT2D eigenvalue weighted by atomic mass is 9.79. The Balaban J connectivity index is 2.34. The maximum absolute atomic E-state index is 11.6. The fraction of sp³-hybridized carbons (Fsp3) is 0.875. The van der Waals surface area contributed by atoms with Crippen LogP contribution in [0, 0.1) is 5.41 Å². The quantitative estimate of drug-likeness (QED) is 0.624. The molecule has 3 aliphatic heterocycles. The van der Waals surface area contributed by atoms with Gasteiger partial charge in [-0.1, -0.05) is 0 Å². The highest BCUT2D eigenvalue weighted by Crippen LogP contribution is 2.40. The number of sulfonamides is 1. The van der Waals surface area contributed by atoms with Crippen LogP contribution in [0.25, 0.3) is 0 Å². The minimum Gasteiger partial charge on any atom is -0.359 e. The molecule has 0 aliphatic carbocycles. The molecular weight excluding hydrogens is 204 g/mol. The molecule has 5 nitrogen and oxygen atoms in total. The second kappa shape index (κ2) is 2.93. The lowest BCUT2D eigenvalue weighted by Gasteiger charge is -2.45. The molecule has 0 aromatic rings. The van der Waals surface area contributed by atoms with E-state index in [0.717, 1.165) is 0 Å². The van der Waals surface area contributed by atoms with Crippen molar-refractivity contribution in [2.24, 2.45) is 5.41 Å². The van der Waals surface area contributed by atoms with Gasteiger partial charge < -0.3 is 5.32 Å². The van der Waals surface area contributed by atoms with E-state index in [0.29, 0.717) is 25.9 Å². The average molecular weight is 218 g/mol. The predicted molar refractivity (Wildman–Crippen MR) is 51.1 cm³/mol. The van der Waals surface area contributed by atoms with E-state index in [9.17, 15) is 13.2 Å². The van der Waals surface area contributed by atoms with Crippen LogP contribution in [0.5, 0.6) is 0 Å². The molecule has 14 heavy (non-hydrogen) atoms. The third-order valence-corrected chi connectivity index (χ3v) is 5.31. The molecule has 3 rings (SSSR count). The highest BCUT2D eigenvalue weighted by atomic mass is 32.2. The van der Waals surface area contributed by atoms with Crippen molar-refractivity contribution in [3.8, 4) is 0 Å². The van der Waals surface area contributed by atoms with Crippen LogP contribution in [0.4, 0.5) is 0 Å². The van der Waals surface area contributed by atoms with E-state index in [1.54, 1.807) is 7.05 Å². The van der Waals surface area contributed by atoms with Crippen molar-refractivity contribution in [3.63, 3.8) is 0 Å². The number of carbonyl (C=O) groups is 1. The summed E-state index contributed by atoms with van der Waals surface area (Å²) in [6, 6.07) is 0. The maximum atomic E-state index is 11.6. The molecule has 2 bridgehead atoms. The summed E-state index contributed by atoms with van der Waals surface area (Å²) < 4.78 is 24.7. The number of hydrogen-bond acceptors (Lipinski definition) is 3. The lowest BCUT2D eigenvalue weighted by molar-refractivity contribution is -0.132. The minimum absolute atomic E-state index is 0.0142. The summed E-state index contributed by atoms with van der Waals surface area (Å²) >= 11 is 0. The molecular formula is C8H14N2O3S. The minimum atomic E-state index is -3.16. The molecule has 0 atom stereocenters. The van der Waals surface area contributed by atoms with Gasteiger partial charge in [0.15, 0.2) is 0 Å². The molecule has 0 radical (unpaired) electrons. The summed E-state index contributed by atoms with van der Waals surface area (Å²) in [7, 11) is -1.60. The molecule has 0 saturated carbocycles. The van der Waals surface area contributed by atoms with Gasteiger partial charge in [0.25, 0.3) is 0 Å². The van der Waals surface area contributed by atoms with Gasteiger partial charge in [-0.05, 0) is 12.8 Å². The predicted octanol–water partition coefficient (Wildman–Crippen LogP) is -0.842. The Labute approximate surface area is 83.5 Å². The van der Waals surface area contributed by atoms with Crippen LogP contribution in [0.3, 0.4) is 0 Å². The first-order chi connectivity index (χ1) is 6.50. The Hall–Kier alpha value is -0.620. The van der Waals surface area contributed by atoms with Gasteiger partial charge in [-0.3, -0.25) is 4.79 Å². The molecule has 1 N–H and O–H groups in total. The zero-order valence-corrected chi connectivity index (χ0v) is 8.93. The molecule has 1 amide bonds. The first kappa shape index (κ1) is 9.92. The van der Waals surface area contributed by atoms with Gasteiger partial charge in [0.1, 0.15) is 0 Å². The van der Waals surface area contributed by atoms with Crippen molar-refractivity contribution in [1.82, 2.24) is 9.62 Å². The molecule has 6 heteroatoms. The van der Waals surface area contributed by atoms with Crippen molar-refractivity contribution >= 4 is 15.9 Å². The van der Waals surface area contributed by atoms with Crippen LogP contribution in [0.2, 0.25) is 0 Å². The maximum Gasteiger partial charge on any atom is 0.227 e. The number of carbonyl (C=O) groups excluding carboxylic acids is 1. The molecule has 3 fully saturated rings. The highest BCUT2D eigenvalue weighted by Gasteiger charge is 2.51. The Bertz CT molecular complexity index is 355. The van der Waals surface area contributed by atoms with E-state index in [1.165, 1.54) is 4.31 Å². The number of fused-ring (bicyclic) bond motifs is 3. The van der Waals surface area contributed by atoms with E-state index >= 15 is 0 Å². The summed E-state index contributed by atoms with van der Waals surface area (Å²) in [5.74, 6) is -0.139. The standard InChI is InChI=1S/C8H14N2O3S/c1-9-7(11)8-2-4-10(5-3-8)14(12,13)6-8/h2-6H2,1H3,(H,9,11). The molecule has 0 unspecified atom stereocenters. The van der Waals surface area contributed by atoms with Crippen molar-refractivity contribution in [2.45, 2.75) is 12.8 Å². The first-order valence-electron chi connectivity index (χ1n) is 4.70. The van der Waals surface area contributed by atoms with Crippen molar-refractivity contribution < 1.29 is 13.2 Å². The Kier molecular flexibility index (Phi) is 2.08. The molecule has 0 spiro atoms. The fourth-order valence-electron chi connectivity index (χ4n) is 2.33. The Morgan fingerprint density at radius 2 is 1.93 bits per heavy atom. The van der Waals surface area contributed by atoms with Crippen LogP contribution < -0.4 is 5.32 Å². The zero-order chi connectivity index (χ0) is 10.4. The third kappa shape index (κ3) is 1.25. The number of nitrogens with one attached hydrogen (secondary N) is 1. The molecule has 80 valence electrons. The number of hydrogen-bond donors (Lipinski definition) is 1. The van der Waals surface area contributed by atoms with Crippen molar-refractivity contribution in [1.29, 1.82) is 0 Å². The van der Waals surface area contributed by atoms with E-state index in [4.69, 9.17) is 0 Å². The van der Waals surface area contributed by atoms with Crippen molar-refractivity contribution in [2.75, 3.05) is 25.9 Å². The Morgan fingerprint density at radius 3 is 2.36 bits per heavy atom. The first-order valence-corrected chi connectivity index (χ1v) is 6.31. The summed E-state index contributed by atoms with van der Waals surface area (Å²) in [6.07, 6.45) is 1.32. The summed E-state index contributed by atoms with van der Waals surface area (Å²) in [5.41, 5.74) is -0.650. The number of amides is 1. The van der Waals surface area contributed by atoms with Gasteiger partial charge in [-0.15, -0.1) is 0 Å². The van der Waals surface area contributed by atoms with E-state index < -0.39 is 15.4 Å². The monoisotopic (exact) mass is 218 g/mol. The molecule has 0 aromatic carbocycles. The van der Waals surface area contributed by atoms with Gasteiger partial charge >= 0.3 is 0 Å². The second-order valence-electron chi connectivity index (χ2n) is 4.01. The molecule has 3 heterocycles. The van der Waals surface area contributed by atoms with Gasteiger partial charge in [-0.2, -0.15) is 0 Å². The van der Waals surface area contributed by atoms with Gasteiger partial charge in [0.05, 0.1) is 11.2 Å². The summed E-state index contributed by atoms with van der Waals surface area (Å²) in [5, 5.41) is 2.57. The van der Waals surface area contributed by atoms with Gasteiger partial charge in [0, 0.05) is 20.1 Å². The van der Waals surface area contributed by atoms with E-state index in [2.05, 4.69) is 5.32 Å². The van der Waals surface area contributed by atoms with E-state index in [-0.39, 0.29) is 11.7 Å². The van der Waals surface area contributed by atoms with Crippen LogP contribution >= 0.6 is 0 Å². The highest BCUT2D eigenvalue weighted by molar-refractivity contribution is 7.89. The van der Waals surface area contributed by atoms with Crippen LogP contribution in [0.15, 0.2) is 0 Å². The number of piperidine rings is 1. The summed E-state index contributed by atoms with van der Waals surface area (Å²) in [6.45, 7) is 0.992. The smallest absolute Gasteiger partial charge is 0.227 e.